The average Bonchev–Trinajstić information content (AvgIpc) is 2.02. The molecule has 1 aromatic rings. The summed E-state index contributed by atoms with van der Waals surface area (Å²) < 4.78 is 21.9. The molecule has 2 N–H and O–H groups in total. The Balaban J connectivity index is 2.95. The normalized spacial score (nSPS) is 10.9. The molecule has 0 aliphatic heterocycles. The third kappa shape index (κ3) is 2.70. The third-order valence-electron chi connectivity index (χ3n) is 1.37. The van der Waals surface area contributed by atoms with Crippen molar-refractivity contribution >= 4 is 21.6 Å². The van der Waals surface area contributed by atoms with Crippen molar-refractivity contribution in [3.05, 3.63) is 18.3 Å². The van der Waals surface area contributed by atoms with E-state index in [0.717, 1.165) is 12.5 Å². The number of nitrogens with one attached hydrogen (secondary N) is 1. The summed E-state index contributed by atoms with van der Waals surface area (Å²) in [6.45, 7) is 0. The SMILES string of the molecule is CS(=O)(=O)c1ccc(NC(=O)O)cn1. The highest BCUT2D eigenvalue weighted by atomic mass is 32.2. The summed E-state index contributed by atoms with van der Waals surface area (Å²) >= 11 is 0. The topological polar surface area (TPSA) is 96.4 Å². The fourth-order valence-electron chi connectivity index (χ4n) is 0.797. The van der Waals surface area contributed by atoms with Gasteiger partial charge in [0.2, 0.25) is 0 Å². The van der Waals surface area contributed by atoms with Crippen LogP contribution >= 0.6 is 0 Å². The standard InChI is InChI=1S/C7H8N2O4S/c1-14(12,13)6-3-2-5(4-8-6)9-7(10)11/h2-4,9H,1H3,(H,10,11). The van der Waals surface area contributed by atoms with Crippen LogP contribution in [-0.2, 0) is 9.84 Å². The number of hydrogen-bond acceptors (Lipinski definition) is 4. The van der Waals surface area contributed by atoms with Crippen molar-refractivity contribution in [2.75, 3.05) is 11.6 Å². The summed E-state index contributed by atoms with van der Waals surface area (Å²) in [4.78, 5) is 13.8. The average molecular weight is 216 g/mol. The maximum atomic E-state index is 11.0. The molecule has 1 heterocycles. The Morgan fingerprint density at radius 1 is 1.50 bits per heavy atom. The van der Waals surface area contributed by atoms with Crippen molar-refractivity contribution in [2.24, 2.45) is 0 Å². The second-order valence-electron chi connectivity index (χ2n) is 2.59. The number of amides is 1. The van der Waals surface area contributed by atoms with Crippen molar-refractivity contribution in [2.45, 2.75) is 5.03 Å². The van der Waals surface area contributed by atoms with E-state index in [2.05, 4.69) is 4.98 Å². The zero-order valence-corrected chi connectivity index (χ0v) is 8.08. The summed E-state index contributed by atoms with van der Waals surface area (Å²) in [6.07, 6.45) is 0.948. The summed E-state index contributed by atoms with van der Waals surface area (Å²) in [7, 11) is -3.33. The predicted molar refractivity (Wildman–Crippen MR) is 49.0 cm³/mol. The molecule has 0 aliphatic rings. The summed E-state index contributed by atoms with van der Waals surface area (Å²) in [5, 5.41) is 10.3. The summed E-state index contributed by atoms with van der Waals surface area (Å²) in [6, 6.07) is 2.57. The van der Waals surface area contributed by atoms with Crippen molar-refractivity contribution in [1.29, 1.82) is 0 Å². The van der Waals surface area contributed by atoms with Crippen LogP contribution < -0.4 is 5.32 Å². The zero-order chi connectivity index (χ0) is 10.8. The van der Waals surface area contributed by atoms with Crippen LogP contribution in [0.4, 0.5) is 10.5 Å². The first-order valence-corrected chi connectivity index (χ1v) is 5.45. The summed E-state index contributed by atoms with van der Waals surface area (Å²) in [5.74, 6) is 0. The Labute approximate surface area is 80.5 Å². The third-order valence-corrected chi connectivity index (χ3v) is 2.37. The van der Waals surface area contributed by atoms with Crippen LogP contribution in [0.3, 0.4) is 0 Å². The molecule has 0 bridgehead atoms. The Morgan fingerprint density at radius 2 is 2.14 bits per heavy atom. The van der Waals surface area contributed by atoms with Gasteiger partial charge in [0.1, 0.15) is 0 Å². The number of rotatable bonds is 2. The highest BCUT2D eigenvalue weighted by Crippen LogP contribution is 2.09. The Hall–Kier alpha value is -1.63. The van der Waals surface area contributed by atoms with Gasteiger partial charge >= 0.3 is 6.09 Å². The molecule has 76 valence electrons. The minimum Gasteiger partial charge on any atom is -0.465 e. The first kappa shape index (κ1) is 10.5. The molecule has 0 fully saturated rings. The number of pyridine rings is 1. The quantitative estimate of drug-likeness (QED) is 0.753. The van der Waals surface area contributed by atoms with E-state index in [1.165, 1.54) is 12.1 Å². The van der Waals surface area contributed by atoms with Crippen molar-refractivity contribution in [3.8, 4) is 0 Å². The number of carbonyl (C=O) groups is 1. The van der Waals surface area contributed by atoms with Crippen LogP contribution in [0.2, 0.25) is 0 Å². The lowest BCUT2D eigenvalue weighted by Gasteiger charge is -2.00. The van der Waals surface area contributed by atoms with Crippen molar-refractivity contribution in [1.82, 2.24) is 4.98 Å². The van der Waals surface area contributed by atoms with Gasteiger partial charge in [0.25, 0.3) is 0 Å². The number of hydrogen-bond donors (Lipinski definition) is 2. The minimum atomic E-state index is -3.33. The minimum absolute atomic E-state index is 0.0894. The number of anilines is 1. The van der Waals surface area contributed by atoms with Gasteiger partial charge in [-0.3, -0.25) is 5.32 Å². The molecule has 0 spiro atoms. The van der Waals surface area contributed by atoms with Crippen molar-refractivity contribution in [3.63, 3.8) is 0 Å². The fraction of sp³-hybridized carbons (Fsp3) is 0.143. The number of carboxylic acid groups (broad SMARTS) is 1. The van der Waals surface area contributed by atoms with Gasteiger partial charge < -0.3 is 5.11 Å². The van der Waals surface area contributed by atoms with E-state index in [4.69, 9.17) is 5.11 Å². The molecule has 14 heavy (non-hydrogen) atoms. The molecule has 0 atom stereocenters. The van der Waals surface area contributed by atoms with E-state index < -0.39 is 15.9 Å². The van der Waals surface area contributed by atoms with Gasteiger partial charge in [0.05, 0.1) is 11.9 Å². The van der Waals surface area contributed by atoms with Crippen LogP contribution in [-0.4, -0.2) is 30.9 Å². The number of nitrogens with zero attached hydrogens (tertiary/aromatic N) is 1. The number of aromatic nitrogens is 1. The molecule has 6 nitrogen and oxygen atoms in total. The largest absolute Gasteiger partial charge is 0.465 e. The second-order valence-corrected chi connectivity index (χ2v) is 4.55. The van der Waals surface area contributed by atoms with Gasteiger partial charge in [-0.25, -0.2) is 18.2 Å². The highest BCUT2D eigenvalue weighted by Gasteiger charge is 2.08. The first-order valence-electron chi connectivity index (χ1n) is 3.55. The predicted octanol–water partition coefficient (Wildman–Crippen LogP) is 0.575. The van der Waals surface area contributed by atoms with Gasteiger partial charge in [0.15, 0.2) is 14.9 Å². The molecule has 0 saturated carbocycles. The van der Waals surface area contributed by atoms with E-state index in [1.54, 1.807) is 0 Å². The van der Waals surface area contributed by atoms with Crippen LogP contribution in [0, 0.1) is 0 Å². The maximum absolute atomic E-state index is 11.0. The molecular formula is C7H8N2O4S. The Bertz CT molecular complexity index is 437. The molecule has 1 rings (SSSR count). The lowest BCUT2D eigenvalue weighted by Crippen LogP contribution is -2.08. The molecule has 0 saturated heterocycles. The first-order chi connectivity index (χ1) is 6.39. The van der Waals surface area contributed by atoms with Gasteiger partial charge in [-0.15, -0.1) is 0 Å². The van der Waals surface area contributed by atoms with Gasteiger partial charge in [0, 0.05) is 6.26 Å². The van der Waals surface area contributed by atoms with E-state index in [0.29, 0.717) is 0 Å². The molecular weight excluding hydrogens is 208 g/mol. The fourth-order valence-corrected chi connectivity index (χ4v) is 1.36. The van der Waals surface area contributed by atoms with Crippen molar-refractivity contribution < 1.29 is 18.3 Å². The lowest BCUT2D eigenvalue weighted by molar-refractivity contribution is 0.209. The number of sulfone groups is 1. The van der Waals surface area contributed by atoms with Crippen LogP contribution in [0.15, 0.2) is 23.4 Å². The molecule has 0 radical (unpaired) electrons. The summed E-state index contributed by atoms with van der Waals surface area (Å²) in [5.41, 5.74) is 0.227. The zero-order valence-electron chi connectivity index (χ0n) is 7.26. The highest BCUT2D eigenvalue weighted by molar-refractivity contribution is 7.90. The van der Waals surface area contributed by atoms with Crippen LogP contribution in [0.1, 0.15) is 0 Å². The Kier molecular flexibility index (Phi) is 2.70. The van der Waals surface area contributed by atoms with E-state index in [1.807, 2.05) is 5.32 Å². The molecule has 0 unspecified atom stereocenters. The van der Waals surface area contributed by atoms with Gasteiger partial charge in [-0.2, -0.15) is 0 Å². The maximum Gasteiger partial charge on any atom is 0.409 e. The second kappa shape index (κ2) is 3.62. The van der Waals surface area contributed by atoms with E-state index in [-0.39, 0.29) is 10.7 Å². The molecule has 1 aromatic heterocycles. The molecule has 0 aromatic carbocycles. The van der Waals surface area contributed by atoms with Crippen LogP contribution in [0.25, 0.3) is 0 Å². The monoisotopic (exact) mass is 216 g/mol. The Morgan fingerprint density at radius 3 is 2.50 bits per heavy atom. The molecule has 0 aliphatic carbocycles. The lowest BCUT2D eigenvalue weighted by atomic mass is 10.4. The van der Waals surface area contributed by atoms with Gasteiger partial charge in [-0.1, -0.05) is 0 Å². The van der Waals surface area contributed by atoms with E-state index in [9.17, 15) is 13.2 Å². The molecule has 7 heteroatoms. The van der Waals surface area contributed by atoms with E-state index >= 15 is 0 Å². The van der Waals surface area contributed by atoms with Crippen LogP contribution in [0.5, 0.6) is 0 Å². The smallest absolute Gasteiger partial charge is 0.409 e. The molecule has 1 amide bonds. The van der Waals surface area contributed by atoms with Gasteiger partial charge in [-0.05, 0) is 12.1 Å².